The quantitative estimate of drug-likeness (QED) is 0.742. The van der Waals surface area contributed by atoms with Crippen LogP contribution in [-0.2, 0) is 16.0 Å². The minimum atomic E-state index is -2.23. The Bertz CT molecular complexity index is 394. The average molecular weight is 287 g/mol. The minimum absolute atomic E-state index is 1.05. The van der Waals surface area contributed by atoms with E-state index in [-0.39, 0.29) is 0 Å². The Hall–Kier alpha value is -0.466. The Morgan fingerprint density at radius 2 is 1.06 bits per heavy atom. The molecular formula is C12H10Cl2NTi. The molecule has 16 heavy (non-hydrogen) atoms. The number of hydrogen-bond acceptors (Lipinski definition) is 1. The molecule has 1 nitrogen and oxygen atoms in total. The van der Waals surface area contributed by atoms with Crippen molar-refractivity contribution in [2.45, 2.75) is 0 Å². The molecule has 2 aromatic carbocycles. The number of benzene rings is 2. The van der Waals surface area contributed by atoms with Gasteiger partial charge in [-0.05, 0) is 0 Å². The molecule has 0 aliphatic carbocycles. The third-order valence-electron chi connectivity index (χ3n) is 2.20. The van der Waals surface area contributed by atoms with Crippen molar-refractivity contribution in [3.8, 4) is 0 Å². The Morgan fingerprint density at radius 1 is 0.688 bits per heavy atom. The summed E-state index contributed by atoms with van der Waals surface area (Å²) >= 11 is -2.23. The zero-order chi connectivity index (χ0) is 11.4. The molecule has 4 heteroatoms. The van der Waals surface area contributed by atoms with E-state index < -0.39 is 16.0 Å². The van der Waals surface area contributed by atoms with Gasteiger partial charge in [0.15, 0.2) is 0 Å². The molecule has 0 radical (unpaired) electrons. The number of hydrogen-bond donors (Lipinski definition) is 0. The predicted molar refractivity (Wildman–Crippen MR) is 66.7 cm³/mol. The molecular weight excluding hydrogens is 277 g/mol. The van der Waals surface area contributed by atoms with Crippen LogP contribution in [0.2, 0.25) is 0 Å². The summed E-state index contributed by atoms with van der Waals surface area (Å²) in [5.74, 6) is 0. The zero-order valence-electron chi connectivity index (χ0n) is 8.48. The van der Waals surface area contributed by atoms with Gasteiger partial charge in [0, 0.05) is 0 Å². The fourth-order valence-electron chi connectivity index (χ4n) is 1.50. The molecule has 0 fully saturated rings. The van der Waals surface area contributed by atoms with E-state index in [1.165, 1.54) is 0 Å². The number of nitrogens with zero attached hydrogens (tertiary/aromatic N) is 1. The standard InChI is InChI=1S/C12H10N.2ClH.Ti/c1-3-7-11(8-4-1)13-12-9-5-2-6-10-12;;;/h1-10H;2*1H;/q-1;;;+3/p-2. The fourth-order valence-corrected chi connectivity index (χ4v) is 4.18. The first-order valence-electron chi connectivity index (χ1n) is 4.87. The van der Waals surface area contributed by atoms with Gasteiger partial charge >= 0.3 is 110 Å². The molecule has 0 atom stereocenters. The summed E-state index contributed by atoms with van der Waals surface area (Å²) in [6, 6.07) is 20.0. The average Bonchev–Trinajstić information content (AvgIpc) is 2.31. The molecule has 0 aliphatic rings. The first-order chi connectivity index (χ1) is 7.79. The van der Waals surface area contributed by atoms with Crippen LogP contribution >= 0.6 is 18.6 Å². The molecule has 0 bridgehead atoms. The maximum atomic E-state index is 6.17. The summed E-state index contributed by atoms with van der Waals surface area (Å²) in [5.41, 5.74) is 2.10. The van der Waals surface area contributed by atoms with Crippen LogP contribution in [0.1, 0.15) is 0 Å². The first-order valence-corrected chi connectivity index (χ1v) is 9.87. The molecule has 0 unspecified atom stereocenters. The molecule has 81 valence electrons. The van der Waals surface area contributed by atoms with Crippen molar-refractivity contribution in [1.82, 2.24) is 0 Å². The van der Waals surface area contributed by atoms with Gasteiger partial charge in [0.2, 0.25) is 0 Å². The third kappa shape index (κ3) is 2.80. The van der Waals surface area contributed by atoms with E-state index in [1.807, 2.05) is 64.0 Å². The second-order valence-corrected chi connectivity index (χ2v) is 8.45. The molecule has 0 N–H and O–H groups in total. The molecule has 0 spiro atoms. The molecule has 0 amide bonds. The number of anilines is 2. The van der Waals surface area contributed by atoms with Gasteiger partial charge in [-0.25, -0.2) is 0 Å². The summed E-state index contributed by atoms with van der Waals surface area (Å²) in [5, 5.41) is 0. The molecule has 0 heterocycles. The zero-order valence-corrected chi connectivity index (χ0v) is 11.6. The summed E-state index contributed by atoms with van der Waals surface area (Å²) < 4.78 is 2.03. The topological polar surface area (TPSA) is 3.24 Å². The summed E-state index contributed by atoms with van der Waals surface area (Å²) in [6.07, 6.45) is 0. The van der Waals surface area contributed by atoms with Gasteiger partial charge in [-0.3, -0.25) is 0 Å². The van der Waals surface area contributed by atoms with Gasteiger partial charge in [0.05, 0.1) is 0 Å². The van der Waals surface area contributed by atoms with Crippen LogP contribution in [0.15, 0.2) is 60.7 Å². The molecule has 2 rings (SSSR count). The van der Waals surface area contributed by atoms with Gasteiger partial charge < -0.3 is 0 Å². The van der Waals surface area contributed by atoms with Crippen LogP contribution in [0.25, 0.3) is 0 Å². The number of rotatable bonds is 3. The monoisotopic (exact) mass is 286 g/mol. The van der Waals surface area contributed by atoms with Gasteiger partial charge in [-0.15, -0.1) is 0 Å². The van der Waals surface area contributed by atoms with Crippen molar-refractivity contribution in [2.75, 3.05) is 3.38 Å². The second-order valence-electron chi connectivity index (χ2n) is 3.25. The first kappa shape index (κ1) is 12.0. The molecule has 0 saturated carbocycles. The normalized spacial score (nSPS) is 9.88. The van der Waals surface area contributed by atoms with E-state index in [0.717, 1.165) is 11.4 Å². The Kier molecular flexibility index (Phi) is 4.31. The van der Waals surface area contributed by atoms with Crippen LogP contribution < -0.4 is 3.38 Å². The van der Waals surface area contributed by atoms with Crippen LogP contribution in [0, 0.1) is 0 Å². The fraction of sp³-hybridized carbons (Fsp3) is 0. The van der Waals surface area contributed by atoms with Crippen LogP contribution in [0.4, 0.5) is 11.4 Å². The van der Waals surface area contributed by atoms with E-state index in [2.05, 4.69) is 0 Å². The SMILES string of the molecule is [Cl][Ti]([Cl])[N](c1ccccc1)c1ccccc1. The summed E-state index contributed by atoms with van der Waals surface area (Å²) in [4.78, 5) is 0. The van der Waals surface area contributed by atoms with E-state index in [1.54, 1.807) is 0 Å². The molecule has 0 aliphatic heterocycles. The van der Waals surface area contributed by atoms with E-state index >= 15 is 0 Å². The molecule has 0 saturated heterocycles. The van der Waals surface area contributed by atoms with Crippen molar-refractivity contribution in [3.63, 3.8) is 0 Å². The molecule has 0 aromatic heterocycles. The number of para-hydroxylation sites is 2. The van der Waals surface area contributed by atoms with Crippen molar-refractivity contribution < 1.29 is 16.0 Å². The predicted octanol–water partition coefficient (Wildman–Crippen LogP) is 4.67. The van der Waals surface area contributed by atoms with Crippen molar-refractivity contribution in [2.24, 2.45) is 0 Å². The van der Waals surface area contributed by atoms with Gasteiger partial charge in [-0.1, -0.05) is 0 Å². The van der Waals surface area contributed by atoms with Crippen LogP contribution in [0.5, 0.6) is 0 Å². The van der Waals surface area contributed by atoms with Crippen molar-refractivity contribution in [1.29, 1.82) is 0 Å². The summed E-state index contributed by atoms with van der Waals surface area (Å²) in [7, 11) is 12.3. The van der Waals surface area contributed by atoms with Crippen molar-refractivity contribution >= 4 is 30.0 Å². The van der Waals surface area contributed by atoms with E-state index in [0.29, 0.717) is 0 Å². The Labute approximate surface area is 109 Å². The third-order valence-corrected chi connectivity index (χ3v) is 4.93. The Balaban J connectivity index is 2.40. The Morgan fingerprint density at radius 3 is 1.38 bits per heavy atom. The van der Waals surface area contributed by atoms with Gasteiger partial charge in [0.1, 0.15) is 0 Å². The van der Waals surface area contributed by atoms with E-state index in [4.69, 9.17) is 18.6 Å². The van der Waals surface area contributed by atoms with Gasteiger partial charge in [0.25, 0.3) is 0 Å². The molecule has 2 aromatic rings. The second kappa shape index (κ2) is 5.74. The van der Waals surface area contributed by atoms with Gasteiger partial charge in [-0.2, -0.15) is 0 Å². The van der Waals surface area contributed by atoms with Crippen LogP contribution in [0.3, 0.4) is 0 Å². The van der Waals surface area contributed by atoms with Crippen LogP contribution in [-0.4, -0.2) is 0 Å². The van der Waals surface area contributed by atoms with Crippen molar-refractivity contribution in [3.05, 3.63) is 60.7 Å². The van der Waals surface area contributed by atoms with E-state index in [9.17, 15) is 0 Å². The number of halogens is 2. The maximum absolute atomic E-state index is 6.17. The summed E-state index contributed by atoms with van der Waals surface area (Å²) in [6.45, 7) is 0.